The number of nitrogen functional groups attached to an aromatic ring is 1. The van der Waals surface area contributed by atoms with E-state index in [2.05, 4.69) is 15.4 Å². The van der Waals surface area contributed by atoms with Crippen molar-refractivity contribution in [2.75, 3.05) is 25.9 Å². The maximum absolute atomic E-state index is 15.0. The molecule has 0 amide bonds. The number of guanidine groups is 1. The summed E-state index contributed by atoms with van der Waals surface area (Å²) in [6, 6.07) is 7.48. The van der Waals surface area contributed by atoms with Crippen molar-refractivity contribution in [1.29, 1.82) is 0 Å². The number of rotatable bonds is 3. The van der Waals surface area contributed by atoms with Gasteiger partial charge in [0.15, 0.2) is 11.8 Å². The van der Waals surface area contributed by atoms with E-state index >= 15 is 0 Å². The van der Waals surface area contributed by atoms with Gasteiger partial charge in [-0.1, -0.05) is 0 Å². The molecule has 1 fully saturated rings. The van der Waals surface area contributed by atoms with Gasteiger partial charge in [-0.25, -0.2) is 9.38 Å². The van der Waals surface area contributed by atoms with Crippen LogP contribution in [0.3, 0.4) is 0 Å². The van der Waals surface area contributed by atoms with E-state index in [9.17, 15) is 4.39 Å². The minimum absolute atomic E-state index is 0.0798. The molecule has 1 aromatic heterocycles. The number of aliphatic imine (C=N–C) groups is 1. The second kappa shape index (κ2) is 7.95. The molecule has 8 heteroatoms. The average molecular weight is 410 g/mol. The Balaban J connectivity index is 1.67. The van der Waals surface area contributed by atoms with Crippen molar-refractivity contribution in [3.63, 3.8) is 0 Å². The average Bonchev–Trinajstić information content (AvgIpc) is 3.11. The molecule has 0 unspecified atom stereocenters. The predicted octanol–water partition coefficient (Wildman–Crippen LogP) is 2.90. The van der Waals surface area contributed by atoms with Gasteiger partial charge in [-0.15, -0.1) is 0 Å². The zero-order chi connectivity index (χ0) is 21.4. The molecule has 5 N–H and O–H groups in total. The lowest BCUT2D eigenvalue weighted by molar-refractivity contribution is 0.287. The Morgan fingerprint density at radius 1 is 1.23 bits per heavy atom. The number of piperidine rings is 1. The fourth-order valence-corrected chi connectivity index (χ4v) is 4.08. The van der Waals surface area contributed by atoms with Crippen molar-refractivity contribution >= 4 is 28.2 Å². The SMILES string of the molecule is Cc1cc(-c2cc(N)c(N=C(N)N(C)C3CCNCC3)c(F)c2)cc2cn(C)nc12. The van der Waals surface area contributed by atoms with Crippen LogP contribution in [0.5, 0.6) is 0 Å². The second-order valence-corrected chi connectivity index (χ2v) is 7.99. The molecular weight excluding hydrogens is 381 g/mol. The largest absolute Gasteiger partial charge is 0.397 e. The minimum Gasteiger partial charge on any atom is -0.397 e. The summed E-state index contributed by atoms with van der Waals surface area (Å²) in [5.41, 5.74) is 16.2. The molecule has 0 bridgehead atoms. The lowest BCUT2D eigenvalue weighted by atomic mass is 10.00. The summed E-state index contributed by atoms with van der Waals surface area (Å²) < 4.78 is 16.8. The van der Waals surface area contributed by atoms with Crippen LogP contribution in [0, 0.1) is 12.7 Å². The van der Waals surface area contributed by atoms with E-state index in [1.165, 1.54) is 6.07 Å². The van der Waals surface area contributed by atoms with Gasteiger partial charge in [0.25, 0.3) is 0 Å². The number of benzene rings is 2. The third kappa shape index (κ3) is 3.82. The van der Waals surface area contributed by atoms with Gasteiger partial charge in [0.1, 0.15) is 5.69 Å². The molecular formula is C22H28FN7. The Hall–Kier alpha value is -3.13. The Kier molecular flexibility index (Phi) is 5.34. The van der Waals surface area contributed by atoms with Crippen molar-refractivity contribution in [3.8, 4) is 11.1 Å². The van der Waals surface area contributed by atoms with Crippen molar-refractivity contribution in [2.45, 2.75) is 25.8 Å². The Labute approximate surface area is 175 Å². The molecule has 2 aromatic carbocycles. The van der Waals surface area contributed by atoms with Gasteiger partial charge < -0.3 is 21.7 Å². The predicted molar refractivity (Wildman–Crippen MR) is 120 cm³/mol. The number of nitrogens with zero attached hydrogens (tertiary/aromatic N) is 4. The summed E-state index contributed by atoms with van der Waals surface area (Å²) in [4.78, 5) is 6.24. The molecule has 4 rings (SSSR count). The molecule has 1 aliphatic rings. The van der Waals surface area contributed by atoms with Gasteiger partial charge in [0.2, 0.25) is 0 Å². The Morgan fingerprint density at radius 2 is 1.93 bits per heavy atom. The third-order valence-corrected chi connectivity index (χ3v) is 5.78. The van der Waals surface area contributed by atoms with Crippen LogP contribution in [-0.2, 0) is 7.05 Å². The van der Waals surface area contributed by atoms with Crippen LogP contribution in [0.4, 0.5) is 15.8 Å². The van der Waals surface area contributed by atoms with Crippen LogP contribution in [0.25, 0.3) is 22.0 Å². The zero-order valence-electron chi connectivity index (χ0n) is 17.6. The van der Waals surface area contributed by atoms with Gasteiger partial charge in [-0.2, -0.15) is 5.10 Å². The van der Waals surface area contributed by atoms with Crippen LogP contribution in [0.2, 0.25) is 0 Å². The monoisotopic (exact) mass is 409 g/mol. The second-order valence-electron chi connectivity index (χ2n) is 7.99. The number of nitrogens with one attached hydrogen (secondary N) is 1. The smallest absolute Gasteiger partial charge is 0.196 e. The standard InChI is InChI=1S/C22H28FN7/c1-13-8-14(9-16-12-29(2)28-20(13)16)15-10-18(23)21(19(24)11-15)27-22(25)30(3)17-4-6-26-7-5-17/h8-12,17,26H,4-7,24H2,1-3H3,(H2,25,27). The summed E-state index contributed by atoms with van der Waals surface area (Å²) in [7, 11) is 3.78. The molecule has 30 heavy (non-hydrogen) atoms. The van der Waals surface area contributed by atoms with E-state index in [4.69, 9.17) is 11.5 Å². The highest BCUT2D eigenvalue weighted by atomic mass is 19.1. The maximum Gasteiger partial charge on any atom is 0.196 e. The highest BCUT2D eigenvalue weighted by Gasteiger charge is 2.20. The maximum atomic E-state index is 15.0. The molecule has 0 spiro atoms. The molecule has 0 aliphatic carbocycles. The van der Waals surface area contributed by atoms with Crippen molar-refractivity contribution < 1.29 is 4.39 Å². The number of halogens is 1. The van der Waals surface area contributed by atoms with Crippen LogP contribution >= 0.6 is 0 Å². The molecule has 158 valence electrons. The first-order valence-electron chi connectivity index (χ1n) is 10.1. The fourth-order valence-electron chi connectivity index (χ4n) is 4.08. The van der Waals surface area contributed by atoms with E-state index in [0.29, 0.717) is 5.56 Å². The highest BCUT2D eigenvalue weighted by molar-refractivity contribution is 5.89. The van der Waals surface area contributed by atoms with Crippen molar-refractivity contribution in [3.05, 3.63) is 41.8 Å². The summed E-state index contributed by atoms with van der Waals surface area (Å²) in [5, 5.41) is 8.79. The van der Waals surface area contributed by atoms with Gasteiger partial charge in [0, 0.05) is 31.7 Å². The zero-order valence-corrected chi connectivity index (χ0v) is 17.6. The third-order valence-electron chi connectivity index (χ3n) is 5.78. The molecule has 0 saturated carbocycles. The lowest BCUT2D eigenvalue weighted by Crippen LogP contribution is -2.46. The molecule has 2 heterocycles. The number of nitrogens with two attached hydrogens (primary N) is 2. The molecule has 1 aliphatic heterocycles. The lowest BCUT2D eigenvalue weighted by Gasteiger charge is -2.32. The van der Waals surface area contributed by atoms with E-state index in [1.54, 1.807) is 10.7 Å². The fraction of sp³-hybridized carbons (Fsp3) is 0.364. The van der Waals surface area contributed by atoms with E-state index < -0.39 is 5.82 Å². The van der Waals surface area contributed by atoms with Gasteiger partial charge >= 0.3 is 0 Å². The van der Waals surface area contributed by atoms with Crippen molar-refractivity contribution in [2.24, 2.45) is 17.8 Å². The quantitative estimate of drug-likeness (QED) is 0.351. The Bertz CT molecular complexity index is 1090. The van der Waals surface area contributed by atoms with E-state index in [0.717, 1.165) is 48.0 Å². The Morgan fingerprint density at radius 3 is 2.63 bits per heavy atom. The van der Waals surface area contributed by atoms with Crippen LogP contribution < -0.4 is 16.8 Å². The van der Waals surface area contributed by atoms with Crippen LogP contribution in [0.1, 0.15) is 18.4 Å². The summed E-state index contributed by atoms with van der Waals surface area (Å²) in [6.07, 6.45) is 3.89. The topological polar surface area (TPSA) is 97.5 Å². The van der Waals surface area contributed by atoms with Gasteiger partial charge in [0.05, 0.1) is 11.2 Å². The minimum atomic E-state index is -0.490. The highest BCUT2D eigenvalue weighted by Crippen LogP contribution is 2.34. The molecule has 0 atom stereocenters. The van der Waals surface area contributed by atoms with Crippen LogP contribution in [0.15, 0.2) is 35.5 Å². The number of fused-ring (bicyclic) bond motifs is 1. The van der Waals surface area contributed by atoms with Crippen LogP contribution in [-0.4, -0.2) is 46.8 Å². The van der Waals surface area contributed by atoms with Gasteiger partial charge in [-0.05, 0) is 73.8 Å². The number of aryl methyl sites for hydroxylation is 2. The summed E-state index contributed by atoms with van der Waals surface area (Å²) in [5.74, 6) is -0.219. The summed E-state index contributed by atoms with van der Waals surface area (Å²) >= 11 is 0. The number of aromatic nitrogens is 2. The van der Waals surface area contributed by atoms with Crippen molar-refractivity contribution in [1.82, 2.24) is 20.0 Å². The normalized spacial score (nSPS) is 15.7. The van der Waals surface area contributed by atoms with E-state index in [-0.39, 0.29) is 23.4 Å². The first-order chi connectivity index (χ1) is 14.3. The number of hydrogen-bond donors (Lipinski definition) is 3. The van der Waals surface area contributed by atoms with Gasteiger partial charge in [-0.3, -0.25) is 4.68 Å². The first kappa shape index (κ1) is 20.2. The molecule has 1 saturated heterocycles. The number of anilines is 1. The molecule has 7 nitrogen and oxygen atoms in total. The molecule has 3 aromatic rings. The first-order valence-corrected chi connectivity index (χ1v) is 10.1. The molecule has 0 radical (unpaired) electrons. The number of hydrogen-bond acceptors (Lipinski definition) is 4. The summed E-state index contributed by atoms with van der Waals surface area (Å²) in [6.45, 7) is 3.87. The van der Waals surface area contributed by atoms with E-state index in [1.807, 2.05) is 44.2 Å².